The molecule has 6 rings (SSSR count). The maximum absolute atomic E-state index is 9.82. The zero-order valence-electron chi connectivity index (χ0n) is 14.8. The summed E-state index contributed by atoms with van der Waals surface area (Å²) in [4.78, 5) is 6.95. The summed E-state index contributed by atoms with van der Waals surface area (Å²) >= 11 is 0. The average molecular weight is 339 g/mol. The van der Waals surface area contributed by atoms with Gasteiger partial charge in [-0.2, -0.15) is 5.26 Å². The monoisotopic (exact) mass is 339 g/mol. The molecule has 1 aromatic carbocycles. The Morgan fingerprint density at radius 2 is 2.04 bits per heavy atom. The Morgan fingerprint density at radius 3 is 2.77 bits per heavy atom. The first kappa shape index (κ1) is 14.6. The van der Waals surface area contributed by atoms with Gasteiger partial charge in [-0.1, -0.05) is 18.2 Å². The first-order valence-corrected chi connectivity index (χ1v) is 9.69. The van der Waals surface area contributed by atoms with E-state index in [0.717, 1.165) is 30.1 Å². The minimum absolute atomic E-state index is 0.225. The Hall–Kier alpha value is -2.60. The van der Waals surface area contributed by atoms with E-state index in [9.17, 15) is 5.26 Å². The summed E-state index contributed by atoms with van der Waals surface area (Å²) in [5, 5.41) is 12.2. The van der Waals surface area contributed by atoms with Crippen molar-refractivity contribution < 1.29 is 0 Å². The van der Waals surface area contributed by atoms with Crippen molar-refractivity contribution in [1.29, 1.82) is 5.26 Å². The molecule has 1 aliphatic heterocycles. The summed E-state index contributed by atoms with van der Waals surface area (Å²) in [7, 11) is 0. The molecule has 0 unspecified atom stereocenters. The minimum Gasteiger partial charge on any atom is -0.329 e. The molecule has 0 saturated heterocycles. The number of hydrogen-bond donors (Lipinski definition) is 0. The number of allylic oxidation sites excluding steroid dienone is 2. The van der Waals surface area contributed by atoms with Crippen LogP contribution in [0.2, 0.25) is 0 Å². The average Bonchev–Trinajstić information content (AvgIpc) is 3.59. The lowest BCUT2D eigenvalue weighted by Gasteiger charge is -2.24. The van der Waals surface area contributed by atoms with Crippen molar-refractivity contribution in [1.82, 2.24) is 4.98 Å². The van der Waals surface area contributed by atoms with Gasteiger partial charge in [0.25, 0.3) is 0 Å². The van der Waals surface area contributed by atoms with Crippen molar-refractivity contribution in [3.63, 3.8) is 0 Å². The number of pyridine rings is 1. The van der Waals surface area contributed by atoms with Gasteiger partial charge in [-0.15, -0.1) is 0 Å². The molecule has 4 aliphatic rings. The number of fused-ring (bicyclic) bond motifs is 1. The van der Waals surface area contributed by atoms with E-state index in [1.54, 1.807) is 0 Å². The van der Waals surface area contributed by atoms with Gasteiger partial charge in [0.1, 0.15) is 5.82 Å². The molecule has 3 saturated carbocycles. The lowest BCUT2D eigenvalue weighted by Crippen LogP contribution is -2.23. The zero-order chi connectivity index (χ0) is 17.4. The quantitative estimate of drug-likeness (QED) is 0.802. The van der Waals surface area contributed by atoms with Crippen molar-refractivity contribution in [3.8, 4) is 6.07 Å². The molecule has 0 amide bonds. The van der Waals surface area contributed by atoms with E-state index in [1.165, 1.54) is 42.2 Å². The van der Waals surface area contributed by atoms with Crippen molar-refractivity contribution in [2.75, 3.05) is 11.4 Å². The molecule has 128 valence electrons. The Morgan fingerprint density at radius 1 is 1.15 bits per heavy atom. The van der Waals surface area contributed by atoms with E-state index in [2.05, 4.69) is 53.6 Å². The van der Waals surface area contributed by atoms with Gasteiger partial charge in [0.15, 0.2) is 0 Å². The highest BCUT2D eigenvalue weighted by Gasteiger charge is 2.75. The molecule has 2 heterocycles. The van der Waals surface area contributed by atoms with Gasteiger partial charge in [0.05, 0.1) is 11.5 Å². The summed E-state index contributed by atoms with van der Waals surface area (Å²) in [5.41, 5.74) is 2.82. The molecule has 3 fully saturated rings. The maximum atomic E-state index is 9.82. The predicted molar refractivity (Wildman–Crippen MR) is 103 cm³/mol. The SMILES string of the molecule is N#C[C@]1(c2ccc3cnc(N4C=CC=C(C5CC5)C4)cc3c2)CC12CC2. The standard InChI is InChI=1S/C23H21N3/c24-15-23(14-22(23)7-8-22)20-6-5-17-12-25-21(11-19(17)10-20)26-9-1-2-18(13-26)16-3-4-16/h1-2,5-6,9-12,16H,3-4,7-8,13-14H2/t23-/m0/s1. The van der Waals surface area contributed by atoms with Crippen LogP contribution in [0.15, 0.2) is 54.4 Å². The molecular formula is C23H21N3. The van der Waals surface area contributed by atoms with Crippen LogP contribution in [0.3, 0.4) is 0 Å². The fourth-order valence-electron chi connectivity index (χ4n) is 4.85. The third kappa shape index (κ3) is 1.96. The lowest BCUT2D eigenvalue weighted by molar-refractivity contribution is 0.738. The fraction of sp³-hybridized carbons (Fsp3) is 0.391. The van der Waals surface area contributed by atoms with Crippen LogP contribution >= 0.6 is 0 Å². The van der Waals surface area contributed by atoms with Gasteiger partial charge in [0, 0.05) is 24.3 Å². The van der Waals surface area contributed by atoms with Gasteiger partial charge in [0.2, 0.25) is 0 Å². The molecule has 2 aromatic rings. The minimum atomic E-state index is -0.225. The summed E-state index contributed by atoms with van der Waals surface area (Å²) in [6.07, 6.45) is 14.7. The van der Waals surface area contributed by atoms with Crippen LogP contribution in [0.25, 0.3) is 10.8 Å². The summed E-state index contributed by atoms with van der Waals surface area (Å²) in [6.45, 7) is 0.949. The van der Waals surface area contributed by atoms with Crippen LogP contribution < -0.4 is 4.90 Å². The zero-order valence-corrected chi connectivity index (χ0v) is 14.8. The van der Waals surface area contributed by atoms with Gasteiger partial charge in [-0.05, 0) is 78.2 Å². The number of benzene rings is 1. The number of nitriles is 1. The van der Waals surface area contributed by atoms with E-state index in [4.69, 9.17) is 4.98 Å². The van der Waals surface area contributed by atoms with Crippen LogP contribution in [0.5, 0.6) is 0 Å². The van der Waals surface area contributed by atoms with Crippen molar-refractivity contribution in [2.24, 2.45) is 11.3 Å². The normalized spacial score (nSPS) is 28.1. The fourth-order valence-corrected chi connectivity index (χ4v) is 4.85. The van der Waals surface area contributed by atoms with Crippen LogP contribution in [0.4, 0.5) is 5.82 Å². The molecule has 1 spiro atoms. The Balaban J connectivity index is 1.36. The van der Waals surface area contributed by atoms with E-state index in [0.29, 0.717) is 5.41 Å². The second-order valence-electron chi connectivity index (χ2n) is 8.56. The lowest BCUT2D eigenvalue weighted by atomic mass is 9.92. The molecule has 0 radical (unpaired) electrons. The van der Waals surface area contributed by atoms with Crippen molar-refractivity contribution in [3.05, 3.63) is 60.0 Å². The van der Waals surface area contributed by atoms with Gasteiger partial charge >= 0.3 is 0 Å². The summed E-state index contributed by atoms with van der Waals surface area (Å²) < 4.78 is 0. The molecule has 3 heteroatoms. The predicted octanol–water partition coefficient (Wildman–Crippen LogP) is 4.85. The largest absolute Gasteiger partial charge is 0.329 e. The number of nitrogens with zero attached hydrogens (tertiary/aromatic N) is 3. The summed E-state index contributed by atoms with van der Waals surface area (Å²) in [6, 6.07) is 11.4. The third-order valence-electron chi connectivity index (χ3n) is 6.95. The molecule has 1 aromatic heterocycles. The van der Waals surface area contributed by atoms with E-state index < -0.39 is 0 Å². The van der Waals surface area contributed by atoms with Gasteiger partial charge < -0.3 is 4.90 Å². The third-order valence-corrected chi connectivity index (χ3v) is 6.95. The number of hydrogen-bond acceptors (Lipinski definition) is 3. The van der Waals surface area contributed by atoms with Gasteiger partial charge in [-0.3, -0.25) is 0 Å². The molecule has 1 atom stereocenters. The Kier molecular flexibility index (Phi) is 2.67. The van der Waals surface area contributed by atoms with Crippen molar-refractivity contribution in [2.45, 2.75) is 37.5 Å². The molecule has 0 bridgehead atoms. The van der Waals surface area contributed by atoms with E-state index >= 15 is 0 Å². The smallest absolute Gasteiger partial charge is 0.133 e. The van der Waals surface area contributed by atoms with E-state index in [-0.39, 0.29) is 5.41 Å². The summed E-state index contributed by atoms with van der Waals surface area (Å²) in [5.74, 6) is 1.79. The highest BCUT2D eigenvalue weighted by Crippen LogP contribution is 2.78. The topological polar surface area (TPSA) is 39.9 Å². The number of anilines is 1. The van der Waals surface area contributed by atoms with Crippen LogP contribution in [-0.2, 0) is 5.41 Å². The van der Waals surface area contributed by atoms with Gasteiger partial charge in [-0.25, -0.2) is 4.98 Å². The Labute approximate surface area is 153 Å². The maximum Gasteiger partial charge on any atom is 0.133 e. The molecule has 0 N–H and O–H groups in total. The highest BCUT2D eigenvalue weighted by atomic mass is 15.2. The molecule has 3 aliphatic carbocycles. The first-order chi connectivity index (χ1) is 12.7. The highest BCUT2D eigenvalue weighted by molar-refractivity contribution is 5.85. The van der Waals surface area contributed by atoms with Crippen LogP contribution in [-0.4, -0.2) is 11.5 Å². The number of aromatic nitrogens is 1. The second-order valence-corrected chi connectivity index (χ2v) is 8.56. The molecule has 26 heavy (non-hydrogen) atoms. The Bertz CT molecular complexity index is 1030. The number of rotatable bonds is 3. The molecule has 3 nitrogen and oxygen atoms in total. The van der Waals surface area contributed by atoms with Crippen LogP contribution in [0, 0.1) is 22.7 Å². The second kappa shape index (κ2) is 4.76. The van der Waals surface area contributed by atoms with E-state index in [1.807, 2.05) is 6.20 Å². The van der Waals surface area contributed by atoms with Crippen LogP contribution in [0.1, 0.15) is 37.7 Å². The first-order valence-electron chi connectivity index (χ1n) is 9.69. The molecular weight excluding hydrogens is 318 g/mol. The van der Waals surface area contributed by atoms with Crippen molar-refractivity contribution >= 4 is 16.6 Å².